The monoisotopic (exact) mass is 270 g/mol. The fourth-order valence-electron chi connectivity index (χ4n) is 2.54. The Morgan fingerprint density at radius 3 is 2.47 bits per heavy atom. The van der Waals surface area contributed by atoms with Gasteiger partial charge in [-0.25, -0.2) is 0 Å². The molecule has 0 radical (unpaired) electrons. The van der Waals surface area contributed by atoms with Gasteiger partial charge in [-0.15, -0.1) is 0 Å². The number of carbonyl (C=O) groups excluding carboxylic acids is 2. The van der Waals surface area contributed by atoms with Crippen molar-refractivity contribution >= 4 is 11.9 Å². The van der Waals surface area contributed by atoms with Crippen LogP contribution in [0, 0.1) is 0 Å². The Morgan fingerprint density at radius 2 is 1.89 bits per heavy atom. The molecular formula is C14H26N2O3. The third-order valence-corrected chi connectivity index (χ3v) is 3.63. The molecule has 0 aromatic rings. The summed E-state index contributed by atoms with van der Waals surface area (Å²) in [5.41, 5.74) is 0. The molecule has 1 atom stereocenters. The summed E-state index contributed by atoms with van der Waals surface area (Å²) < 4.78 is 5.10. The molecule has 1 heterocycles. The third kappa shape index (κ3) is 4.49. The Hall–Kier alpha value is -1.10. The summed E-state index contributed by atoms with van der Waals surface area (Å²) in [6.45, 7) is 8.71. The van der Waals surface area contributed by atoms with Crippen molar-refractivity contribution in [3.8, 4) is 0 Å². The number of ether oxygens (including phenoxy) is 1. The lowest BCUT2D eigenvalue weighted by Crippen LogP contribution is -2.50. The average Bonchev–Trinajstić information content (AvgIpc) is 2.41. The number of nitrogens with zero attached hydrogens (tertiary/aromatic N) is 2. The molecule has 1 aliphatic heterocycles. The lowest BCUT2D eigenvalue weighted by atomic mass is 10.0. The second-order valence-electron chi connectivity index (χ2n) is 4.80. The first-order valence-electron chi connectivity index (χ1n) is 7.32. The Morgan fingerprint density at radius 1 is 1.21 bits per heavy atom. The molecule has 19 heavy (non-hydrogen) atoms. The molecule has 0 aliphatic carbocycles. The van der Waals surface area contributed by atoms with E-state index in [4.69, 9.17) is 4.74 Å². The summed E-state index contributed by atoms with van der Waals surface area (Å²) >= 11 is 0. The number of amides is 1. The van der Waals surface area contributed by atoms with Crippen LogP contribution in [-0.2, 0) is 14.3 Å². The summed E-state index contributed by atoms with van der Waals surface area (Å²) in [5.74, 6) is -0.0873. The maximum Gasteiger partial charge on any atom is 0.323 e. The molecule has 1 rings (SSSR count). The molecule has 0 aromatic heterocycles. The van der Waals surface area contributed by atoms with Crippen LogP contribution in [0.1, 0.15) is 40.0 Å². The molecule has 1 saturated heterocycles. The minimum Gasteiger partial charge on any atom is -0.465 e. The first-order chi connectivity index (χ1) is 9.13. The maximum absolute atomic E-state index is 12.1. The van der Waals surface area contributed by atoms with Gasteiger partial charge in [-0.2, -0.15) is 0 Å². The average molecular weight is 270 g/mol. The number of rotatable bonds is 6. The molecule has 0 aromatic carbocycles. The van der Waals surface area contributed by atoms with Crippen molar-refractivity contribution in [3.63, 3.8) is 0 Å². The van der Waals surface area contributed by atoms with Crippen LogP contribution in [0.5, 0.6) is 0 Å². The van der Waals surface area contributed by atoms with Gasteiger partial charge in [-0.3, -0.25) is 14.5 Å². The molecule has 0 N–H and O–H groups in total. The van der Waals surface area contributed by atoms with Crippen LogP contribution >= 0.6 is 0 Å². The number of likely N-dealkylation sites (tertiary alicyclic amines) is 1. The molecule has 0 saturated carbocycles. The first kappa shape index (κ1) is 16.0. The van der Waals surface area contributed by atoms with Crippen molar-refractivity contribution in [1.29, 1.82) is 0 Å². The molecule has 0 spiro atoms. The summed E-state index contributed by atoms with van der Waals surface area (Å²) in [4.78, 5) is 27.8. The number of carbonyl (C=O) groups is 2. The SMILES string of the molecule is CCOC(=O)C1CCCCN1CC(=O)N(CC)CC. The Labute approximate surface area is 115 Å². The van der Waals surface area contributed by atoms with Crippen LogP contribution in [0.25, 0.3) is 0 Å². The Balaban J connectivity index is 2.61. The predicted molar refractivity (Wildman–Crippen MR) is 73.8 cm³/mol. The number of piperidine rings is 1. The lowest BCUT2D eigenvalue weighted by Gasteiger charge is -2.34. The van der Waals surface area contributed by atoms with Crippen LogP contribution in [0.2, 0.25) is 0 Å². The molecule has 0 bridgehead atoms. The number of esters is 1. The van der Waals surface area contributed by atoms with Crippen molar-refractivity contribution < 1.29 is 14.3 Å². The summed E-state index contributed by atoms with van der Waals surface area (Å²) in [6.07, 6.45) is 2.87. The molecule has 1 fully saturated rings. The zero-order valence-corrected chi connectivity index (χ0v) is 12.4. The van der Waals surface area contributed by atoms with Crippen LogP contribution in [0.3, 0.4) is 0 Å². The van der Waals surface area contributed by atoms with Gasteiger partial charge in [0.1, 0.15) is 6.04 Å². The number of hydrogen-bond donors (Lipinski definition) is 0. The highest BCUT2D eigenvalue weighted by molar-refractivity contribution is 5.80. The van der Waals surface area contributed by atoms with Gasteiger partial charge in [-0.1, -0.05) is 6.42 Å². The smallest absolute Gasteiger partial charge is 0.323 e. The molecule has 1 amide bonds. The van der Waals surface area contributed by atoms with Gasteiger partial charge in [0.15, 0.2) is 0 Å². The van der Waals surface area contributed by atoms with Gasteiger partial charge in [0.25, 0.3) is 0 Å². The van der Waals surface area contributed by atoms with Crippen LogP contribution < -0.4 is 0 Å². The van der Waals surface area contributed by atoms with E-state index in [1.54, 1.807) is 4.90 Å². The van der Waals surface area contributed by atoms with Crippen LogP contribution in [0.4, 0.5) is 0 Å². The lowest BCUT2D eigenvalue weighted by molar-refractivity contribution is -0.152. The molecule has 1 unspecified atom stereocenters. The van der Waals surface area contributed by atoms with Gasteiger partial charge in [0, 0.05) is 13.1 Å². The highest BCUT2D eigenvalue weighted by Crippen LogP contribution is 2.18. The summed E-state index contributed by atoms with van der Waals surface area (Å²) in [6, 6.07) is -0.242. The van der Waals surface area contributed by atoms with Crippen molar-refractivity contribution in [3.05, 3.63) is 0 Å². The molecule has 110 valence electrons. The zero-order chi connectivity index (χ0) is 14.3. The molecular weight excluding hydrogens is 244 g/mol. The molecule has 5 heteroatoms. The minimum absolute atomic E-state index is 0.0983. The van der Waals surface area contributed by atoms with Gasteiger partial charge >= 0.3 is 5.97 Å². The van der Waals surface area contributed by atoms with Crippen LogP contribution in [-0.4, -0.2) is 60.5 Å². The summed E-state index contributed by atoms with van der Waals surface area (Å²) in [7, 11) is 0. The third-order valence-electron chi connectivity index (χ3n) is 3.63. The molecule has 5 nitrogen and oxygen atoms in total. The van der Waals surface area contributed by atoms with Gasteiger partial charge in [-0.05, 0) is 40.2 Å². The minimum atomic E-state index is -0.242. The number of hydrogen-bond acceptors (Lipinski definition) is 4. The van der Waals surface area contributed by atoms with E-state index in [1.165, 1.54) is 0 Å². The maximum atomic E-state index is 12.1. The van der Waals surface area contributed by atoms with Crippen LogP contribution in [0.15, 0.2) is 0 Å². The summed E-state index contributed by atoms with van der Waals surface area (Å²) in [5, 5.41) is 0. The van der Waals surface area contributed by atoms with E-state index in [-0.39, 0.29) is 17.9 Å². The Kier molecular flexibility index (Phi) is 6.84. The topological polar surface area (TPSA) is 49.9 Å². The van der Waals surface area contributed by atoms with Crippen molar-refractivity contribution in [2.45, 2.75) is 46.1 Å². The van der Waals surface area contributed by atoms with Gasteiger partial charge in [0.05, 0.1) is 13.2 Å². The van der Waals surface area contributed by atoms with Gasteiger partial charge < -0.3 is 9.64 Å². The van der Waals surface area contributed by atoms with Crippen molar-refractivity contribution in [1.82, 2.24) is 9.80 Å². The Bertz CT molecular complexity index is 303. The van der Waals surface area contributed by atoms with Crippen molar-refractivity contribution in [2.24, 2.45) is 0 Å². The van der Waals surface area contributed by atoms with E-state index in [2.05, 4.69) is 0 Å². The van der Waals surface area contributed by atoms with Gasteiger partial charge in [0.2, 0.25) is 5.91 Å². The van der Waals surface area contributed by atoms with E-state index in [0.29, 0.717) is 26.2 Å². The quantitative estimate of drug-likeness (QED) is 0.682. The van der Waals surface area contributed by atoms with E-state index in [1.807, 2.05) is 25.7 Å². The largest absolute Gasteiger partial charge is 0.465 e. The standard InChI is InChI=1S/C14H26N2O3/c1-4-15(5-2)13(17)11-16-10-8-7-9-12(16)14(18)19-6-3/h12H,4-11H2,1-3H3. The van der Waals surface area contributed by atoms with E-state index in [9.17, 15) is 9.59 Å². The highest BCUT2D eigenvalue weighted by atomic mass is 16.5. The van der Waals surface area contributed by atoms with Crippen molar-refractivity contribution in [2.75, 3.05) is 32.8 Å². The van der Waals surface area contributed by atoms with E-state index >= 15 is 0 Å². The second kappa shape index (κ2) is 8.15. The fourth-order valence-corrected chi connectivity index (χ4v) is 2.54. The fraction of sp³-hybridized carbons (Fsp3) is 0.857. The molecule has 1 aliphatic rings. The first-order valence-corrected chi connectivity index (χ1v) is 7.32. The zero-order valence-electron chi connectivity index (χ0n) is 12.4. The van der Waals surface area contributed by atoms with E-state index < -0.39 is 0 Å². The normalized spacial score (nSPS) is 20.1. The highest BCUT2D eigenvalue weighted by Gasteiger charge is 2.31. The second-order valence-corrected chi connectivity index (χ2v) is 4.80. The number of likely N-dealkylation sites (N-methyl/N-ethyl adjacent to an activating group) is 1. The predicted octanol–water partition coefficient (Wildman–Crippen LogP) is 1.27. The van der Waals surface area contributed by atoms with E-state index in [0.717, 1.165) is 25.8 Å².